The van der Waals surface area contributed by atoms with E-state index in [2.05, 4.69) is 10.6 Å². The largest absolute Gasteiger partial charge is 0.493 e. The van der Waals surface area contributed by atoms with E-state index in [9.17, 15) is 9.59 Å². The van der Waals surface area contributed by atoms with Crippen molar-refractivity contribution in [3.05, 3.63) is 65.7 Å². The number of para-hydroxylation sites is 1. The molecule has 0 aliphatic heterocycles. The van der Waals surface area contributed by atoms with Gasteiger partial charge < -0.3 is 15.4 Å². The molecule has 5 heteroatoms. The molecule has 2 aromatic carbocycles. The fourth-order valence-electron chi connectivity index (χ4n) is 2.11. The molecule has 0 aliphatic carbocycles. The van der Waals surface area contributed by atoms with Gasteiger partial charge in [-0.3, -0.25) is 9.59 Å². The minimum Gasteiger partial charge on any atom is -0.493 e. The lowest BCUT2D eigenvalue weighted by molar-refractivity contribution is -0.126. The van der Waals surface area contributed by atoms with Gasteiger partial charge in [0.25, 0.3) is 0 Å². The first kappa shape index (κ1) is 17.5. The molecular formula is C19H22N2O3. The number of amides is 2. The second-order valence-corrected chi connectivity index (χ2v) is 5.39. The Morgan fingerprint density at radius 2 is 1.62 bits per heavy atom. The first-order valence-electron chi connectivity index (χ1n) is 7.91. The first-order chi connectivity index (χ1) is 11.6. The molecule has 2 N–H and O–H groups in total. The molecule has 5 nitrogen and oxygen atoms in total. The Morgan fingerprint density at radius 3 is 2.38 bits per heavy atom. The third-order valence-electron chi connectivity index (χ3n) is 3.52. The standard InChI is InChI=1S/C19H22N2O3/c1-15-7-5-6-8-16(15)13-20-19(23)14-21-18(22)11-12-24-17-9-3-2-4-10-17/h2-10H,11-14H2,1H3,(H,20,23)(H,21,22). The van der Waals surface area contributed by atoms with E-state index in [-0.39, 0.29) is 31.4 Å². The third kappa shape index (κ3) is 6.12. The summed E-state index contributed by atoms with van der Waals surface area (Å²) in [6.07, 6.45) is 0.208. The average Bonchev–Trinajstić information content (AvgIpc) is 2.60. The van der Waals surface area contributed by atoms with Crippen molar-refractivity contribution < 1.29 is 14.3 Å². The molecule has 0 aliphatic rings. The minimum absolute atomic E-state index is 0.0317. The molecule has 0 unspecified atom stereocenters. The molecule has 0 saturated carbocycles. The van der Waals surface area contributed by atoms with Gasteiger partial charge in [0.1, 0.15) is 5.75 Å². The van der Waals surface area contributed by atoms with Crippen LogP contribution in [0.25, 0.3) is 0 Å². The molecule has 0 spiro atoms. The Morgan fingerprint density at radius 1 is 0.917 bits per heavy atom. The van der Waals surface area contributed by atoms with Crippen LogP contribution in [0.4, 0.5) is 0 Å². The van der Waals surface area contributed by atoms with Crippen LogP contribution in [0.1, 0.15) is 17.5 Å². The molecular weight excluding hydrogens is 304 g/mol. The van der Waals surface area contributed by atoms with Crippen LogP contribution in [0, 0.1) is 6.92 Å². The van der Waals surface area contributed by atoms with E-state index in [4.69, 9.17) is 4.74 Å². The zero-order valence-corrected chi connectivity index (χ0v) is 13.7. The lowest BCUT2D eigenvalue weighted by Gasteiger charge is -2.09. The summed E-state index contributed by atoms with van der Waals surface area (Å²) in [5.41, 5.74) is 2.19. The van der Waals surface area contributed by atoms with Crippen LogP contribution in [-0.4, -0.2) is 25.0 Å². The van der Waals surface area contributed by atoms with Crippen LogP contribution in [0.15, 0.2) is 54.6 Å². The van der Waals surface area contributed by atoms with Gasteiger partial charge in [0, 0.05) is 6.54 Å². The smallest absolute Gasteiger partial charge is 0.239 e. The Hall–Kier alpha value is -2.82. The van der Waals surface area contributed by atoms with Gasteiger partial charge in [-0.1, -0.05) is 42.5 Å². The van der Waals surface area contributed by atoms with E-state index in [1.807, 2.05) is 61.5 Å². The van der Waals surface area contributed by atoms with Crippen molar-refractivity contribution in [2.45, 2.75) is 19.9 Å². The lowest BCUT2D eigenvalue weighted by Crippen LogP contribution is -2.37. The van der Waals surface area contributed by atoms with Crippen molar-refractivity contribution in [3.63, 3.8) is 0 Å². The number of aryl methyl sites for hydroxylation is 1. The van der Waals surface area contributed by atoms with Gasteiger partial charge in [-0.25, -0.2) is 0 Å². The highest BCUT2D eigenvalue weighted by Gasteiger charge is 2.06. The quantitative estimate of drug-likeness (QED) is 0.781. The van der Waals surface area contributed by atoms with Gasteiger partial charge in [0.15, 0.2) is 0 Å². The topological polar surface area (TPSA) is 67.4 Å². The van der Waals surface area contributed by atoms with Crippen LogP contribution in [0.2, 0.25) is 0 Å². The number of hydrogen-bond donors (Lipinski definition) is 2. The number of rotatable bonds is 8. The fourth-order valence-corrected chi connectivity index (χ4v) is 2.11. The zero-order chi connectivity index (χ0) is 17.2. The summed E-state index contributed by atoms with van der Waals surface area (Å²) in [6.45, 7) is 2.70. The maximum atomic E-state index is 11.8. The van der Waals surface area contributed by atoms with Crippen LogP contribution in [0.3, 0.4) is 0 Å². The van der Waals surface area contributed by atoms with Gasteiger partial charge in [0.2, 0.25) is 11.8 Å². The Labute approximate surface area is 142 Å². The summed E-state index contributed by atoms with van der Waals surface area (Å²) in [4.78, 5) is 23.5. The normalized spacial score (nSPS) is 10.0. The number of nitrogens with one attached hydrogen (secondary N) is 2. The number of carbonyl (C=O) groups is 2. The summed E-state index contributed by atoms with van der Waals surface area (Å²) < 4.78 is 5.44. The molecule has 2 aromatic rings. The molecule has 0 saturated heterocycles. The number of carbonyl (C=O) groups excluding carboxylic acids is 2. The molecule has 0 bridgehead atoms. The predicted molar refractivity (Wildman–Crippen MR) is 92.6 cm³/mol. The minimum atomic E-state index is -0.212. The average molecular weight is 326 g/mol. The van der Waals surface area contributed by atoms with E-state index < -0.39 is 0 Å². The van der Waals surface area contributed by atoms with Gasteiger partial charge in [0.05, 0.1) is 19.6 Å². The summed E-state index contributed by atoms with van der Waals surface area (Å²) in [5, 5.41) is 5.38. The Kier molecular flexibility index (Phi) is 6.83. The van der Waals surface area contributed by atoms with E-state index in [0.29, 0.717) is 6.54 Å². The van der Waals surface area contributed by atoms with E-state index >= 15 is 0 Å². The molecule has 24 heavy (non-hydrogen) atoms. The highest BCUT2D eigenvalue weighted by molar-refractivity contribution is 5.84. The van der Waals surface area contributed by atoms with Gasteiger partial charge in [-0.15, -0.1) is 0 Å². The Balaban J connectivity index is 1.61. The zero-order valence-electron chi connectivity index (χ0n) is 13.7. The molecule has 126 valence electrons. The first-order valence-corrected chi connectivity index (χ1v) is 7.91. The number of hydrogen-bond acceptors (Lipinski definition) is 3. The van der Waals surface area contributed by atoms with E-state index in [1.54, 1.807) is 0 Å². The predicted octanol–water partition coefficient (Wildman–Crippen LogP) is 2.20. The SMILES string of the molecule is Cc1ccccc1CNC(=O)CNC(=O)CCOc1ccccc1. The maximum Gasteiger partial charge on any atom is 0.239 e. The molecule has 0 fully saturated rings. The van der Waals surface area contributed by atoms with Crippen LogP contribution in [0.5, 0.6) is 5.75 Å². The van der Waals surface area contributed by atoms with E-state index in [0.717, 1.165) is 16.9 Å². The van der Waals surface area contributed by atoms with Crippen molar-refractivity contribution in [2.75, 3.05) is 13.2 Å². The summed E-state index contributed by atoms with van der Waals surface area (Å²) >= 11 is 0. The number of benzene rings is 2. The third-order valence-corrected chi connectivity index (χ3v) is 3.52. The fraction of sp³-hybridized carbons (Fsp3) is 0.263. The monoisotopic (exact) mass is 326 g/mol. The van der Waals surface area contributed by atoms with Crippen molar-refractivity contribution in [1.29, 1.82) is 0 Å². The molecule has 2 rings (SSSR count). The molecule has 0 radical (unpaired) electrons. The van der Waals surface area contributed by atoms with Crippen molar-refractivity contribution >= 4 is 11.8 Å². The van der Waals surface area contributed by atoms with Gasteiger partial charge in [-0.2, -0.15) is 0 Å². The molecule has 2 amide bonds. The number of ether oxygens (including phenoxy) is 1. The highest BCUT2D eigenvalue weighted by Crippen LogP contribution is 2.08. The molecule has 0 atom stereocenters. The second-order valence-electron chi connectivity index (χ2n) is 5.39. The molecule has 0 heterocycles. The van der Waals surface area contributed by atoms with E-state index in [1.165, 1.54) is 0 Å². The van der Waals surface area contributed by atoms with Gasteiger partial charge in [-0.05, 0) is 30.2 Å². The molecule has 0 aromatic heterocycles. The summed E-state index contributed by atoms with van der Waals surface area (Å²) in [6, 6.07) is 17.2. The van der Waals surface area contributed by atoms with Crippen molar-refractivity contribution in [3.8, 4) is 5.75 Å². The summed E-state index contributed by atoms with van der Waals surface area (Å²) in [7, 11) is 0. The maximum absolute atomic E-state index is 11.8. The Bertz CT molecular complexity index is 671. The van der Waals surface area contributed by atoms with Crippen molar-refractivity contribution in [2.24, 2.45) is 0 Å². The van der Waals surface area contributed by atoms with Crippen LogP contribution in [-0.2, 0) is 16.1 Å². The van der Waals surface area contributed by atoms with Crippen LogP contribution >= 0.6 is 0 Å². The lowest BCUT2D eigenvalue weighted by atomic mass is 10.1. The summed E-state index contributed by atoms with van der Waals surface area (Å²) in [5.74, 6) is 0.300. The van der Waals surface area contributed by atoms with Gasteiger partial charge >= 0.3 is 0 Å². The second kappa shape index (κ2) is 9.35. The van der Waals surface area contributed by atoms with Crippen molar-refractivity contribution in [1.82, 2.24) is 10.6 Å². The highest BCUT2D eigenvalue weighted by atomic mass is 16.5. The van der Waals surface area contributed by atoms with Crippen LogP contribution < -0.4 is 15.4 Å².